The molecule has 0 radical (unpaired) electrons. The van der Waals surface area contributed by atoms with Gasteiger partial charge in [-0.3, -0.25) is 9.59 Å². The Hall–Kier alpha value is -3.55. The van der Waals surface area contributed by atoms with Crippen molar-refractivity contribution >= 4 is 17.5 Å². The van der Waals surface area contributed by atoms with Crippen LogP contribution in [0.25, 0.3) is 11.4 Å². The van der Waals surface area contributed by atoms with Crippen molar-refractivity contribution in [3.63, 3.8) is 0 Å². The average Bonchev–Trinajstić information content (AvgIpc) is 3.07. The van der Waals surface area contributed by atoms with Gasteiger partial charge in [0.1, 0.15) is 0 Å². The Morgan fingerprint density at radius 2 is 1.72 bits per heavy atom. The zero-order valence-electron chi connectivity index (χ0n) is 13.5. The van der Waals surface area contributed by atoms with Gasteiger partial charge in [0.15, 0.2) is 0 Å². The monoisotopic (exact) mass is 336 g/mol. The molecule has 2 amide bonds. The van der Waals surface area contributed by atoms with Crippen molar-refractivity contribution in [1.82, 2.24) is 25.5 Å². The number of tetrazole rings is 1. The first-order chi connectivity index (χ1) is 12.1. The van der Waals surface area contributed by atoms with E-state index in [1.54, 1.807) is 31.3 Å². The van der Waals surface area contributed by atoms with Crippen molar-refractivity contribution in [3.05, 3.63) is 60.2 Å². The van der Waals surface area contributed by atoms with Crippen molar-refractivity contribution in [1.29, 1.82) is 0 Å². The summed E-state index contributed by atoms with van der Waals surface area (Å²) in [5.41, 5.74) is 2.19. The van der Waals surface area contributed by atoms with Crippen molar-refractivity contribution < 1.29 is 9.59 Å². The van der Waals surface area contributed by atoms with E-state index in [1.807, 2.05) is 30.3 Å². The molecule has 25 heavy (non-hydrogen) atoms. The van der Waals surface area contributed by atoms with Crippen LogP contribution in [0.15, 0.2) is 54.6 Å². The zero-order valence-corrected chi connectivity index (χ0v) is 13.5. The number of hydrogen-bond acceptors (Lipinski definition) is 5. The third kappa shape index (κ3) is 4.25. The van der Waals surface area contributed by atoms with E-state index >= 15 is 0 Å². The molecule has 0 unspecified atom stereocenters. The van der Waals surface area contributed by atoms with E-state index in [-0.39, 0.29) is 0 Å². The van der Waals surface area contributed by atoms with Crippen LogP contribution >= 0.6 is 0 Å². The summed E-state index contributed by atoms with van der Waals surface area (Å²) < 4.78 is 0. The molecule has 0 aliphatic rings. The number of hydrogen-bond donors (Lipinski definition) is 2. The number of amides is 2. The summed E-state index contributed by atoms with van der Waals surface area (Å²) in [6, 6.07) is 16.2. The number of benzene rings is 2. The van der Waals surface area contributed by atoms with Crippen LogP contribution < -0.4 is 10.6 Å². The third-order valence-electron chi connectivity index (χ3n) is 3.41. The van der Waals surface area contributed by atoms with Crippen LogP contribution in [0, 0.1) is 0 Å². The van der Waals surface area contributed by atoms with Crippen LogP contribution in [-0.4, -0.2) is 32.0 Å². The molecule has 2 N–H and O–H groups in total. The Morgan fingerprint density at radius 1 is 1.00 bits per heavy atom. The number of carbonyl (C=O) groups excluding carboxylic acids is 2. The van der Waals surface area contributed by atoms with Gasteiger partial charge in [-0.15, -0.1) is 10.2 Å². The summed E-state index contributed by atoms with van der Waals surface area (Å²) in [4.78, 5) is 25.2. The van der Waals surface area contributed by atoms with E-state index in [0.29, 0.717) is 18.1 Å². The second-order valence-corrected chi connectivity index (χ2v) is 5.30. The summed E-state index contributed by atoms with van der Waals surface area (Å²) in [5, 5.41) is 16.9. The Kier molecular flexibility index (Phi) is 4.79. The highest BCUT2D eigenvalue weighted by molar-refractivity contribution is 6.39. The molecule has 126 valence electrons. The first-order valence-electron chi connectivity index (χ1n) is 7.59. The normalized spacial score (nSPS) is 10.3. The van der Waals surface area contributed by atoms with Gasteiger partial charge >= 0.3 is 11.8 Å². The van der Waals surface area contributed by atoms with E-state index in [0.717, 1.165) is 11.1 Å². The number of carbonyl (C=O) groups is 2. The number of nitrogens with zero attached hydrogens (tertiary/aromatic N) is 4. The van der Waals surface area contributed by atoms with Crippen molar-refractivity contribution in [3.8, 4) is 11.4 Å². The lowest BCUT2D eigenvalue weighted by atomic mass is 10.2. The van der Waals surface area contributed by atoms with Crippen LogP contribution in [0.3, 0.4) is 0 Å². The van der Waals surface area contributed by atoms with Gasteiger partial charge in [-0.05, 0) is 35.0 Å². The maximum Gasteiger partial charge on any atom is 0.313 e. The fourth-order valence-electron chi connectivity index (χ4n) is 2.15. The molecule has 8 heteroatoms. The lowest BCUT2D eigenvalue weighted by molar-refractivity contribution is -0.136. The molecule has 1 heterocycles. The molecule has 8 nitrogen and oxygen atoms in total. The summed E-state index contributed by atoms with van der Waals surface area (Å²) in [7, 11) is 1.68. The van der Waals surface area contributed by atoms with Crippen molar-refractivity contribution in [2.75, 3.05) is 5.32 Å². The van der Waals surface area contributed by atoms with Crippen LogP contribution in [0.2, 0.25) is 0 Å². The SMILES string of the molecule is Cn1nnc(-c2ccc(NC(=O)C(=O)NCc3ccccc3)cc2)n1. The molecule has 0 saturated heterocycles. The Labute approximate surface area is 143 Å². The third-order valence-corrected chi connectivity index (χ3v) is 3.41. The standard InChI is InChI=1S/C17H16N6O2/c1-23-21-15(20-22-23)13-7-9-14(10-8-13)19-17(25)16(24)18-11-12-5-3-2-4-6-12/h2-10H,11H2,1H3,(H,18,24)(H,19,25). The molecule has 0 saturated carbocycles. The average molecular weight is 336 g/mol. The van der Waals surface area contributed by atoms with Gasteiger partial charge in [-0.2, -0.15) is 4.80 Å². The van der Waals surface area contributed by atoms with Crippen LogP contribution in [-0.2, 0) is 23.2 Å². The zero-order chi connectivity index (χ0) is 17.6. The summed E-state index contributed by atoms with van der Waals surface area (Å²) in [5.74, 6) is -0.925. The van der Waals surface area contributed by atoms with Gasteiger partial charge in [-0.25, -0.2) is 0 Å². The number of aryl methyl sites for hydroxylation is 1. The second kappa shape index (κ2) is 7.35. The molecular weight excluding hydrogens is 320 g/mol. The van der Waals surface area contributed by atoms with Gasteiger partial charge in [0.05, 0.1) is 7.05 Å². The lowest BCUT2D eigenvalue weighted by Gasteiger charge is -2.07. The van der Waals surface area contributed by atoms with Gasteiger partial charge in [0.25, 0.3) is 0 Å². The highest BCUT2D eigenvalue weighted by atomic mass is 16.2. The molecule has 3 rings (SSSR count). The predicted octanol–water partition coefficient (Wildman–Crippen LogP) is 1.13. The summed E-state index contributed by atoms with van der Waals surface area (Å²) in [6.07, 6.45) is 0. The van der Waals surface area contributed by atoms with Crippen LogP contribution in [0.4, 0.5) is 5.69 Å². The Morgan fingerprint density at radius 3 is 2.36 bits per heavy atom. The minimum absolute atomic E-state index is 0.296. The Balaban J connectivity index is 1.56. The molecule has 0 aliphatic heterocycles. The number of rotatable bonds is 4. The minimum Gasteiger partial charge on any atom is -0.344 e. The van der Waals surface area contributed by atoms with E-state index in [2.05, 4.69) is 26.0 Å². The predicted molar refractivity (Wildman–Crippen MR) is 91.2 cm³/mol. The fourth-order valence-corrected chi connectivity index (χ4v) is 2.15. The molecular formula is C17H16N6O2. The highest BCUT2D eigenvalue weighted by Crippen LogP contribution is 2.16. The summed E-state index contributed by atoms with van der Waals surface area (Å²) >= 11 is 0. The first-order valence-corrected chi connectivity index (χ1v) is 7.59. The van der Waals surface area contributed by atoms with Gasteiger partial charge in [-0.1, -0.05) is 30.3 Å². The van der Waals surface area contributed by atoms with Crippen LogP contribution in [0.1, 0.15) is 5.56 Å². The van der Waals surface area contributed by atoms with Crippen molar-refractivity contribution in [2.24, 2.45) is 7.05 Å². The van der Waals surface area contributed by atoms with Gasteiger partial charge in [0.2, 0.25) is 5.82 Å². The smallest absolute Gasteiger partial charge is 0.313 e. The molecule has 0 aliphatic carbocycles. The highest BCUT2D eigenvalue weighted by Gasteiger charge is 2.13. The van der Waals surface area contributed by atoms with Gasteiger partial charge < -0.3 is 10.6 Å². The molecule has 0 fully saturated rings. The quantitative estimate of drug-likeness (QED) is 0.696. The number of nitrogens with one attached hydrogen (secondary N) is 2. The van der Waals surface area contributed by atoms with E-state index in [1.165, 1.54) is 4.80 Å². The largest absolute Gasteiger partial charge is 0.344 e. The van der Waals surface area contributed by atoms with Crippen LogP contribution in [0.5, 0.6) is 0 Å². The molecule has 0 bridgehead atoms. The maximum absolute atomic E-state index is 11.9. The van der Waals surface area contributed by atoms with Gasteiger partial charge in [0, 0.05) is 17.8 Å². The van der Waals surface area contributed by atoms with E-state index < -0.39 is 11.8 Å². The minimum atomic E-state index is -0.721. The Bertz CT molecular complexity index is 874. The fraction of sp³-hybridized carbons (Fsp3) is 0.118. The topological polar surface area (TPSA) is 102 Å². The second-order valence-electron chi connectivity index (χ2n) is 5.30. The molecule has 3 aromatic rings. The molecule has 0 spiro atoms. The molecule has 0 atom stereocenters. The van der Waals surface area contributed by atoms with E-state index in [4.69, 9.17) is 0 Å². The summed E-state index contributed by atoms with van der Waals surface area (Å²) in [6.45, 7) is 0.296. The maximum atomic E-state index is 11.9. The number of anilines is 1. The molecule has 2 aromatic carbocycles. The van der Waals surface area contributed by atoms with E-state index in [9.17, 15) is 9.59 Å². The molecule has 1 aromatic heterocycles. The lowest BCUT2D eigenvalue weighted by Crippen LogP contribution is -2.34. The first kappa shape index (κ1) is 16.3. The van der Waals surface area contributed by atoms with Crippen molar-refractivity contribution in [2.45, 2.75) is 6.54 Å². The number of aromatic nitrogens is 4.